The van der Waals surface area contributed by atoms with E-state index < -0.39 is 0 Å². The van der Waals surface area contributed by atoms with E-state index in [0.717, 1.165) is 55.4 Å². The van der Waals surface area contributed by atoms with Gasteiger partial charge in [0.05, 0.1) is 43.7 Å². The number of ether oxygens (including phenoxy) is 3. The van der Waals surface area contributed by atoms with Crippen LogP contribution in [0.25, 0.3) is 5.69 Å². The zero-order valence-electron chi connectivity index (χ0n) is 18.0. The molecule has 3 aromatic rings. The quantitative estimate of drug-likeness (QED) is 0.371. The Hall–Kier alpha value is -3.41. The number of rotatable bonds is 9. The van der Waals surface area contributed by atoms with E-state index in [-0.39, 0.29) is 12.1 Å². The summed E-state index contributed by atoms with van der Waals surface area (Å²) in [5.41, 5.74) is 2.35. The summed E-state index contributed by atoms with van der Waals surface area (Å²) in [5.74, 6) is 1.36. The van der Waals surface area contributed by atoms with Gasteiger partial charge in [-0.25, -0.2) is 4.79 Å². The number of aromatic nitrogens is 1. The van der Waals surface area contributed by atoms with Gasteiger partial charge in [-0.05, 0) is 55.0 Å². The molecule has 2 heterocycles. The van der Waals surface area contributed by atoms with Crippen molar-refractivity contribution >= 4 is 11.7 Å². The fraction of sp³-hybridized carbons (Fsp3) is 0.320. The lowest BCUT2D eigenvalue weighted by atomic mass is 10.1. The smallest absolute Gasteiger partial charge is 0.340 e. The van der Waals surface area contributed by atoms with Crippen LogP contribution in [0.15, 0.2) is 67.0 Å². The van der Waals surface area contributed by atoms with E-state index in [9.17, 15) is 4.79 Å². The van der Waals surface area contributed by atoms with Crippen molar-refractivity contribution < 1.29 is 19.0 Å². The first-order valence-corrected chi connectivity index (χ1v) is 10.7. The molecule has 162 valence electrons. The molecule has 1 aromatic heterocycles. The summed E-state index contributed by atoms with van der Waals surface area (Å²) in [6.07, 6.45) is 6.13. The molecule has 0 radical (unpaired) electrons. The summed E-state index contributed by atoms with van der Waals surface area (Å²) in [5, 5.41) is 0. The lowest BCUT2D eigenvalue weighted by Crippen LogP contribution is -2.54. The highest BCUT2D eigenvalue weighted by atomic mass is 16.5. The van der Waals surface area contributed by atoms with Gasteiger partial charge in [0.1, 0.15) is 17.6 Å². The molecule has 0 saturated carbocycles. The molecule has 1 aliphatic heterocycles. The molecule has 0 bridgehead atoms. The number of esters is 1. The molecule has 31 heavy (non-hydrogen) atoms. The first-order valence-electron chi connectivity index (χ1n) is 10.7. The first kappa shape index (κ1) is 20.8. The maximum atomic E-state index is 12.3. The molecule has 1 fully saturated rings. The maximum absolute atomic E-state index is 12.3. The third-order valence-corrected chi connectivity index (χ3v) is 5.36. The van der Waals surface area contributed by atoms with Crippen LogP contribution < -0.4 is 14.4 Å². The largest absolute Gasteiger partial charge is 0.494 e. The molecule has 1 aliphatic rings. The van der Waals surface area contributed by atoms with Gasteiger partial charge in [-0.15, -0.1) is 0 Å². The summed E-state index contributed by atoms with van der Waals surface area (Å²) in [6, 6.07) is 17.4. The van der Waals surface area contributed by atoms with Crippen LogP contribution in [0.3, 0.4) is 0 Å². The van der Waals surface area contributed by atoms with Crippen molar-refractivity contribution in [1.29, 1.82) is 0 Å². The number of benzene rings is 2. The van der Waals surface area contributed by atoms with Crippen LogP contribution in [0.2, 0.25) is 0 Å². The van der Waals surface area contributed by atoms with Crippen molar-refractivity contribution in [2.24, 2.45) is 0 Å². The summed E-state index contributed by atoms with van der Waals surface area (Å²) in [6.45, 7) is 4.37. The fourth-order valence-electron chi connectivity index (χ4n) is 3.67. The number of hydrogen-bond acceptors (Lipinski definition) is 5. The third-order valence-electron chi connectivity index (χ3n) is 5.36. The molecule has 6 nitrogen and oxygen atoms in total. The van der Waals surface area contributed by atoms with Gasteiger partial charge in [-0.2, -0.15) is 0 Å². The van der Waals surface area contributed by atoms with Crippen LogP contribution in [0, 0.1) is 0 Å². The van der Waals surface area contributed by atoms with E-state index in [1.807, 2.05) is 65.5 Å². The predicted molar refractivity (Wildman–Crippen MR) is 121 cm³/mol. The van der Waals surface area contributed by atoms with E-state index in [2.05, 4.69) is 11.8 Å². The number of carbonyl (C=O) groups is 1. The number of hydrogen-bond donors (Lipinski definition) is 0. The Morgan fingerprint density at radius 1 is 1.00 bits per heavy atom. The second-order valence-corrected chi connectivity index (χ2v) is 7.57. The minimum atomic E-state index is -0.347. The van der Waals surface area contributed by atoms with Gasteiger partial charge in [-0.3, -0.25) is 0 Å². The molecular weight excluding hydrogens is 392 g/mol. The normalized spacial score (nSPS) is 13.5. The molecule has 4 rings (SSSR count). The molecule has 0 atom stereocenters. The molecule has 6 heteroatoms. The maximum Gasteiger partial charge on any atom is 0.340 e. The summed E-state index contributed by atoms with van der Waals surface area (Å²) in [4.78, 5) is 14.6. The zero-order valence-corrected chi connectivity index (χ0v) is 18.0. The SMILES string of the molecule is CCCCOc1ccc(OC2CN(c3cccc(C(=O)OC)c3-n3cccc3)C2)cc1. The second-order valence-electron chi connectivity index (χ2n) is 7.57. The lowest BCUT2D eigenvalue weighted by Gasteiger charge is -2.41. The van der Waals surface area contributed by atoms with Crippen molar-refractivity contribution in [3.05, 3.63) is 72.6 Å². The van der Waals surface area contributed by atoms with Gasteiger partial charge in [0.15, 0.2) is 0 Å². The molecule has 0 N–H and O–H groups in total. The summed E-state index contributed by atoms with van der Waals surface area (Å²) >= 11 is 0. The standard InChI is InChI=1S/C25H28N2O4/c1-3-4-16-30-19-10-12-20(13-11-19)31-21-17-27(18-21)23-9-7-8-22(25(28)29-2)24(23)26-14-5-6-15-26/h5-15,21H,3-4,16-18H2,1-2H3. The molecule has 1 saturated heterocycles. The number of carbonyl (C=O) groups excluding carboxylic acids is 1. The Labute approximate surface area is 183 Å². The Bertz CT molecular complexity index is 993. The Morgan fingerprint density at radius 3 is 2.39 bits per heavy atom. The highest BCUT2D eigenvalue weighted by Gasteiger charge is 2.32. The zero-order chi connectivity index (χ0) is 21.6. The number of anilines is 1. The molecule has 0 spiro atoms. The fourth-order valence-corrected chi connectivity index (χ4v) is 3.67. The monoisotopic (exact) mass is 420 g/mol. The van der Waals surface area contributed by atoms with Crippen molar-refractivity contribution in [3.8, 4) is 17.2 Å². The summed E-state index contributed by atoms with van der Waals surface area (Å²) < 4.78 is 18.8. The van der Waals surface area contributed by atoms with Gasteiger partial charge in [0.25, 0.3) is 0 Å². The number of nitrogens with zero attached hydrogens (tertiary/aromatic N) is 2. The van der Waals surface area contributed by atoms with Crippen LogP contribution in [-0.2, 0) is 4.74 Å². The van der Waals surface area contributed by atoms with E-state index in [1.54, 1.807) is 6.07 Å². The molecule has 0 amide bonds. The van der Waals surface area contributed by atoms with E-state index in [1.165, 1.54) is 7.11 Å². The highest BCUT2D eigenvalue weighted by Crippen LogP contribution is 2.33. The van der Waals surface area contributed by atoms with Gasteiger partial charge in [0.2, 0.25) is 0 Å². The van der Waals surface area contributed by atoms with E-state index in [0.29, 0.717) is 5.56 Å². The average molecular weight is 421 g/mol. The van der Waals surface area contributed by atoms with E-state index >= 15 is 0 Å². The molecular formula is C25H28N2O4. The first-order chi connectivity index (χ1) is 15.2. The van der Waals surface area contributed by atoms with Gasteiger partial charge < -0.3 is 23.7 Å². The second kappa shape index (κ2) is 9.60. The van der Waals surface area contributed by atoms with Crippen LogP contribution in [-0.4, -0.2) is 43.4 Å². The minimum absolute atomic E-state index is 0.0890. The van der Waals surface area contributed by atoms with Crippen molar-refractivity contribution in [2.75, 3.05) is 31.7 Å². The van der Waals surface area contributed by atoms with Crippen molar-refractivity contribution in [1.82, 2.24) is 4.57 Å². The van der Waals surface area contributed by atoms with Gasteiger partial charge in [-0.1, -0.05) is 19.4 Å². The van der Waals surface area contributed by atoms with Crippen LogP contribution >= 0.6 is 0 Å². The number of unbranched alkanes of at least 4 members (excludes halogenated alkanes) is 1. The van der Waals surface area contributed by atoms with Crippen LogP contribution in [0.1, 0.15) is 30.1 Å². The topological polar surface area (TPSA) is 52.9 Å². The molecule has 0 aliphatic carbocycles. The highest BCUT2D eigenvalue weighted by molar-refractivity contribution is 5.96. The number of para-hydroxylation sites is 1. The predicted octanol–water partition coefficient (Wildman–Crippen LogP) is 4.71. The lowest BCUT2D eigenvalue weighted by molar-refractivity contribution is 0.0600. The number of methoxy groups -OCH3 is 1. The molecule has 2 aromatic carbocycles. The minimum Gasteiger partial charge on any atom is -0.494 e. The third kappa shape index (κ3) is 4.68. The average Bonchev–Trinajstić information content (AvgIpc) is 3.30. The summed E-state index contributed by atoms with van der Waals surface area (Å²) in [7, 11) is 1.40. The van der Waals surface area contributed by atoms with Gasteiger partial charge in [0, 0.05) is 12.4 Å². The van der Waals surface area contributed by atoms with Crippen molar-refractivity contribution in [2.45, 2.75) is 25.9 Å². The van der Waals surface area contributed by atoms with Crippen LogP contribution in [0.5, 0.6) is 11.5 Å². The van der Waals surface area contributed by atoms with Crippen molar-refractivity contribution in [3.63, 3.8) is 0 Å². The Balaban J connectivity index is 1.43. The Kier molecular flexibility index (Phi) is 6.46. The molecule has 0 unspecified atom stereocenters. The van der Waals surface area contributed by atoms with Gasteiger partial charge >= 0.3 is 5.97 Å². The van der Waals surface area contributed by atoms with Crippen LogP contribution in [0.4, 0.5) is 5.69 Å². The Morgan fingerprint density at radius 2 is 1.71 bits per heavy atom. The van der Waals surface area contributed by atoms with E-state index in [4.69, 9.17) is 14.2 Å².